The van der Waals surface area contributed by atoms with E-state index in [2.05, 4.69) is 35.8 Å². The number of carbonyl (C=O) groups excluding carboxylic acids is 1. The van der Waals surface area contributed by atoms with Crippen LogP contribution in [0.15, 0.2) is 29.2 Å². The molecule has 20 heavy (non-hydrogen) atoms. The number of nitrogens with one attached hydrogen (secondary N) is 1. The highest BCUT2D eigenvalue weighted by Gasteiger charge is 2.28. The molecule has 2 atom stereocenters. The van der Waals surface area contributed by atoms with Crippen LogP contribution in [0, 0.1) is 5.92 Å². The maximum Gasteiger partial charge on any atom is 0.308 e. The molecule has 2 rings (SSSR count). The number of anilines is 1. The molecule has 1 aliphatic carbocycles. The predicted molar refractivity (Wildman–Crippen MR) is 84.2 cm³/mol. The van der Waals surface area contributed by atoms with Gasteiger partial charge in [-0.05, 0) is 56.7 Å². The van der Waals surface area contributed by atoms with Crippen molar-refractivity contribution in [3.8, 4) is 0 Å². The van der Waals surface area contributed by atoms with E-state index in [-0.39, 0.29) is 11.9 Å². The number of hydrogen-bond donors (Lipinski definition) is 1. The van der Waals surface area contributed by atoms with E-state index in [0.29, 0.717) is 12.6 Å². The van der Waals surface area contributed by atoms with Crippen LogP contribution < -0.4 is 5.32 Å². The summed E-state index contributed by atoms with van der Waals surface area (Å²) >= 11 is 1.74. The van der Waals surface area contributed by atoms with E-state index in [1.165, 1.54) is 4.90 Å². The van der Waals surface area contributed by atoms with Gasteiger partial charge in [0.2, 0.25) is 0 Å². The van der Waals surface area contributed by atoms with Gasteiger partial charge in [-0.15, -0.1) is 11.8 Å². The zero-order chi connectivity index (χ0) is 14.4. The first-order chi connectivity index (χ1) is 9.72. The summed E-state index contributed by atoms with van der Waals surface area (Å²) in [6.45, 7) is 2.34. The number of ether oxygens (including phenoxy) is 1. The molecular formula is C16H23NO2S. The van der Waals surface area contributed by atoms with Crippen LogP contribution in [0.2, 0.25) is 0 Å². The minimum Gasteiger partial charge on any atom is -0.466 e. The number of hydrogen-bond acceptors (Lipinski definition) is 4. The van der Waals surface area contributed by atoms with E-state index in [4.69, 9.17) is 4.74 Å². The Morgan fingerprint density at radius 1 is 1.35 bits per heavy atom. The molecule has 0 aliphatic heterocycles. The normalized spacial score (nSPS) is 22.3. The smallest absolute Gasteiger partial charge is 0.308 e. The Hall–Kier alpha value is -1.16. The second kappa shape index (κ2) is 7.58. The second-order valence-electron chi connectivity index (χ2n) is 5.19. The van der Waals surface area contributed by atoms with Crippen molar-refractivity contribution < 1.29 is 9.53 Å². The third kappa shape index (κ3) is 4.17. The summed E-state index contributed by atoms with van der Waals surface area (Å²) in [4.78, 5) is 13.1. The standard InChI is InChI=1S/C16H23NO2S/c1-3-19-16(18)12-5-4-6-14(11-12)17-13-7-9-15(20-2)10-8-13/h7-10,12,14,17H,3-6,11H2,1-2H3. The van der Waals surface area contributed by atoms with E-state index >= 15 is 0 Å². The first-order valence-electron chi connectivity index (χ1n) is 7.30. The summed E-state index contributed by atoms with van der Waals surface area (Å²) in [6.07, 6.45) is 6.13. The van der Waals surface area contributed by atoms with Crippen molar-refractivity contribution >= 4 is 23.4 Å². The fraction of sp³-hybridized carbons (Fsp3) is 0.562. The Morgan fingerprint density at radius 2 is 2.10 bits per heavy atom. The van der Waals surface area contributed by atoms with E-state index in [1.54, 1.807) is 11.8 Å². The van der Waals surface area contributed by atoms with Gasteiger partial charge in [-0.1, -0.05) is 6.42 Å². The third-order valence-electron chi connectivity index (χ3n) is 3.75. The van der Waals surface area contributed by atoms with Gasteiger partial charge in [0, 0.05) is 16.6 Å². The SMILES string of the molecule is CCOC(=O)C1CCCC(Nc2ccc(SC)cc2)C1. The van der Waals surface area contributed by atoms with Crippen LogP contribution in [0.25, 0.3) is 0 Å². The Morgan fingerprint density at radius 3 is 2.75 bits per heavy atom. The average molecular weight is 293 g/mol. The van der Waals surface area contributed by atoms with Crippen molar-refractivity contribution in [2.75, 3.05) is 18.2 Å². The number of benzene rings is 1. The van der Waals surface area contributed by atoms with Gasteiger partial charge < -0.3 is 10.1 Å². The lowest BCUT2D eigenvalue weighted by atomic mass is 9.85. The molecule has 3 nitrogen and oxygen atoms in total. The molecule has 1 N–H and O–H groups in total. The molecule has 1 aromatic rings. The van der Waals surface area contributed by atoms with E-state index < -0.39 is 0 Å². The average Bonchev–Trinajstić information content (AvgIpc) is 2.48. The molecule has 0 saturated heterocycles. The summed E-state index contributed by atoms with van der Waals surface area (Å²) in [7, 11) is 0. The zero-order valence-electron chi connectivity index (χ0n) is 12.2. The maximum atomic E-state index is 11.8. The van der Waals surface area contributed by atoms with Crippen LogP contribution in [0.3, 0.4) is 0 Å². The van der Waals surface area contributed by atoms with Gasteiger partial charge >= 0.3 is 5.97 Å². The second-order valence-corrected chi connectivity index (χ2v) is 6.06. The Kier molecular flexibility index (Phi) is 5.77. The molecule has 1 saturated carbocycles. The van der Waals surface area contributed by atoms with Crippen molar-refractivity contribution in [1.29, 1.82) is 0 Å². The molecule has 4 heteroatoms. The quantitative estimate of drug-likeness (QED) is 0.659. The zero-order valence-corrected chi connectivity index (χ0v) is 13.0. The first kappa shape index (κ1) is 15.2. The molecule has 1 aromatic carbocycles. The minimum atomic E-state index is -0.0308. The molecule has 0 spiro atoms. The van der Waals surface area contributed by atoms with Gasteiger partial charge in [-0.3, -0.25) is 4.79 Å². The lowest BCUT2D eigenvalue weighted by Crippen LogP contribution is -2.32. The van der Waals surface area contributed by atoms with Gasteiger partial charge in [0.15, 0.2) is 0 Å². The van der Waals surface area contributed by atoms with Gasteiger partial charge in [-0.2, -0.15) is 0 Å². The fourth-order valence-corrected chi connectivity index (χ4v) is 3.13. The Labute approximate surface area is 125 Å². The number of esters is 1. The summed E-state index contributed by atoms with van der Waals surface area (Å²) < 4.78 is 5.14. The van der Waals surface area contributed by atoms with E-state index in [1.807, 2.05) is 6.92 Å². The van der Waals surface area contributed by atoms with Crippen LogP contribution in [-0.4, -0.2) is 24.9 Å². The van der Waals surface area contributed by atoms with Crippen molar-refractivity contribution in [2.24, 2.45) is 5.92 Å². The summed E-state index contributed by atoms with van der Waals surface area (Å²) in [6, 6.07) is 8.84. The largest absolute Gasteiger partial charge is 0.466 e. The summed E-state index contributed by atoms with van der Waals surface area (Å²) in [5.74, 6) is 0.0309. The highest BCUT2D eigenvalue weighted by atomic mass is 32.2. The van der Waals surface area contributed by atoms with E-state index in [0.717, 1.165) is 31.4 Å². The first-order valence-corrected chi connectivity index (χ1v) is 8.52. The van der Waals surface area contributed by atoms with Crippen LogP contribution in [0.4, 0.5) is 5.69 Å². The minimum absolute atomic E-state index is 0.0308. The molecule has 0 aromatic heterocycles. The molecule has 0 amide bonds. The van der Waals surface area contributed by atoms with Crippen LogP contribution >= 0.6 is 11.8 Å². The molecule has 110 valence electrons. The predicted octanol–water partition coefficient (Wildman–Crippen LogP) is 3.94. The molecule has 0 bridgehead atoms. The number of carbonyl (C=O) groups is 1. The lowest BCUT2D eigenvalue weighted by Gasteiger charge is -2.29. The highest BCUT2D eigenvalue weighted by molar-refractivity contribution is 7.98. The topological polar surface area (TPSA) is 38.3 Å². The molecule has 0 radical (unpaired) electrons. The summed E-state index contributed by atoms with van der Waals surface area (Å²) in [5, 5.41) is 3.54. The summed E-state index contributed by atoms with van der Waals surface area (Å²) in [5.41, 5.74) is 1.14. The number of thioether (sulfide) groups is 1. The fourth-order valence-electron chi connectivity index (χ4n) is 2.72. The van der Waals surface area contributed by atoms with Crippen molar-refractivity contribution in [3.05, 3.63) is 24.3 Å². The van der Waals surface area contributed by atoms with Crippen LogP contribution in [-0.2, 0) is 9.53 Å². The van der Waals surface area contributed by atoms with E-state index in [9.17, 15) is 4.79 Å². The third-order valence-corrected chi connectivity index (χ3v) is 4.50. The Bertz CT molecular complexity index is 433. The van der Waals surface area contributed by atoms with Gasteiger partial charge in [0.1, 0.15) is 0 Å². The highest BCUT2D eigenvalue weighted by Crippen LogP contribution is 2.28. The Balaban J connectivity index is 1.90. The molecule has 2 unspecified atom stereocenters. The van der Waals surface area contributed by atoms with Crippen LogP contribution in [0.5, 0.6) is 0 Å². The van der Waals surface area contributed by atoms with Gasteiger partial charge in [0.25, 0.3) is 0 Å². The van der Waals surface area contributed by atoms with Crippen molar-refractivity contribution in [1.82, 2.24) is 0 Å². The maximum absolute atomic E-state index is 11.8. The van der Waals surface area contributed by atoms with Crippen LogP contribution in [0.1, 0.15) is 32.6 Å². The molecule has 0 heterocycles. The van der Waals surface area contributed by atoms with Crippen molar-refractivity contribution in [3.63, 3.8) is 0 Å². The molecule has 1 fully saturated rings. The molecule has 1 aliphatic rings. The molecular weight excluding hydrogens is 270 g/mol. The lowest BCUT2D eigenvalue weighted by molar-refractivity contribution is -0.149. The monoisotopic (exact) mass is 293 g/mol. The van der Waals surface area contributed by atoms with Crippen molar-refractivity contribution in [2.45, 2.75) is 43.5 Å². The van der Waals surface area contributed by atoms with Gasteiger partial charge in [-0.25, -0.2) is 0 Å². The number of rotatable bonds is 5. The van der Waals surface area contributed by atoms with Gasteiger partial charge in [0.05, 0.1) is 12.5 Å².